The van der Waals surface area contributed by atoms with Crippen LogP contribution in [0, 0.1) is 6.92 Å². The predicted octanol–water partition coefficient (Wildman–Crippen LogP) is 2.56. The maximum absolute atomic E-state index is 12.5. The summed E-state index contributed by atoms with van der Waals surface area (Å²) in [7, 11) is 0. The van der Waals surface area contributed by atoms with Crippen molar-refractivity contribution in [2.75, 3.05) is 0 Å². The Kier molecular flexibility index (Phi) is 5.55. The van der Waals surface area contributed by atoms with Gasteiger partial charge in [-0.2, -0.15) is 5.10 Å². The number of aromatic nitrogens is 2. The van der Waals surface area contributed by atoms with Gasteiger partial charge in [-0.25, -0.2) is 0 Å². The molecule has 0 saturated carbocycles. The van der Waals surface area contributed by atoms with Gasteiger partial charge in [0.15, 0.2) is 0 Å². The third-order valence-electron chi connectivity index (χ3n) is 3.97. The summed E-state index contributed by atoms with van der Waals surface area (Å²) in [6.45, 7) is 7.65. The van der Waals surface area contributed by atoms with E-state index in [4.69, 9.17) is 0 Å². The van der Waals surface area contributed by atoms with E-state index >= 15 is 0 Å². The van der Waals surface area contributed by atoms with Crippen molar-refractivity contribution < 1.29 is 9.90 Å². The van der Waals surface area contributed by atoms with Gasteiger partial charge in [0, 0.05) is 12.1 Å². The largest absolute Gasteiger partial charge is 0.391 e. The minimum atomic E-state index is -0.643. The third kappa shape index (κ3) is 4.20. The second-order valence-electron chi connectivity index (χ2n) is 6.28. The Labute approximate surface area is 137 Å². The molecule has 1 amide bonds. The highest BCUT2D eigenvalue weighted by Gasteiger charge is 2.23. The molecule has 2 aromatic rings. The molecule has 3 N–H and O–H groups in total. The van der Waals surface area contributed by atoms with Crippen LogP contribution in [0.4, 0.5) is 0 Å². The number of aromatic amines is 1. The molecular weight excluding hydrogens is 290 g/mol. The maximum Gasteiger partial charge on any atom is 0.255 e. The lowest BCUT2D eigenvalue weighted by molar-refractivity contribution is 0.0850. The summed E-state index contributed by atoms with van der Waals surface area (Å²) < 4.78 is 0. The Morgan fingerprint density at radius 2 is 1.91 bits per heavy atom. The van der Waals surface area contributed by atoms with Gasteiger partial charge in [0.2, 0.25) is 0 Å². The molecule has 5 heteroatoms. The summed E-state index contributed by atoms with van der Waals surface area (Å²) >= 11 is 0. The molecule has 0 spiro atoms. The number of nitrogens with one attached hydrogen (secondary N) is 2. The average Bonchev–Trinajstić information content (AvgIpc) is 2.90. The summed E-state index contributed by atoms with van der Waals surface area (Å²) in [6, 6.07) is 9.40. The Morgan fingerprint density at radius 3 is 2.52 bits per heavy atom. The van der Waals surface area contributed by atoms with E-state index in [0.29, 0.717) is 12.0 Å². The van der Waals surface area contributed by atoms with Crippen LogP contribution in [0.5, 0.6) is 0 Å². The molecule has 0 saturated heterocycles. The van der Waals surface area contributed by atoms with Gasteiger partial charge < -0.3 is 10.4 Å². The second kappa shape index (κ2) is 7.42. The van der Waals surface area contributed by atoms with E-state index < -0.39 is 6.10 Å². The summed E-state index contributed by atoms with van der Waals surface area (Å²) in [6.07, 6.45) is -0.139. The number of aliphatic hydroxyl groups excluding tert-OH is 1. The molecular formula is C18H25N3O2. The lowest BCUT2D eigenvalue weighted by Gasteiger charge is -2.21. The molecule has 2 unspecified atom stereocenters. The fourth-order valence-corrected chi connectivity index (χ4v) is 2.56. The van der Waals surface area contributed by atoms with Gasteiger partial charge in [-0.05, 0) is 25.3 Å². The number of aliphatic hydroxyl groups is 1. The topological polar surface area (TPSA) is 78.0 Å². The molecule has 5 nitrogen and oxygen atoms in total. The molecule has 0 fully saturated rings. The van der Waals surface area contributed by atoms with Gasteiger partial charge in [0.05, 0.1) is 23.4 Å². The van der Waals surface area contributed by atoms with Crippen molar-refractivity contribution in [3.63, 3.8) is 0 Å². The van der Waals surface area contributed by atoms with E-state index in [1.54, 1.807) is 0 Å². The second-order valence-corrected chi connectivity index (χ2v) is 6.28. The highest BCUT2D eigenvalue weighted by Crippen LogP contribution is 2.19. The molecule has 1 aromatic carbocycles. The van der Waals surface area contributed by atoms with E-state index in [-0.39, 0.29) is 17.9 Å². The number of rotatable bonds is 6. The first-order valence-electron chi connectivity index (χ1n) is 7.97. The Hall–Kier alpha value is -2.14. The molecule has 0 aliphatic rings. The smallest absolute Gasteiger partial charge is 0.255 e. The van der Waals surface area contributed by atoms with Crippen LogP contribution in [0.15, 0.2) is 30.3 Å². The van der Waals surface area contributed by atoms with Gasteiger partial charge in [0.25, 0.3) is 5.91 Å². The van der Waals surface area contributed by atoms with Crippen LogP contribution in [0.2, 0.25) is 0 Å². The third-order valence-corrected chi connectivity index (χ3v) is 3.97. The Bertz CT molecular complexity index is 650. The van der Waals surface area contributed by atoms with E-state index in [9.17, 15) is 9.90 Å². The fraction of sp³-hybridized carbons (Fsp3) is 0.444. The zero-order chi connectivity index (χ0) is 17.0. The number of nitrogens with zero attached hydrogens (tertiary/aromatic N) is 1. The number of hydrogen-bond acceptors (Lipinski definition) is 3. The minimum absolute atomic E-state index is 0.158. The quantitative estimate of drug-likeness (QED) is 0.766. The molecule has 124 valence electrons. The summed E-state index contributed by atoms with van der Waals surface area (Å²) in [5.74, 6) is -0.0372. The molecule has 0 radical (unpaired) electrons. The van der Waals surface area contributed by atoms with Gasteiger partial charge >= 0.3 is 0 Å². The normalized spacial score (nSPS) is 13.8. The van der Waals surface area contributed by atoms with Gasteiger partial charge in [-0.1, -0.05) is 44.2 Å². The van der Waals surface area contributed by atoms with Crippen molar-refractivity contribution >= 4 is 5.91 Å². The Morgan fingerprint density at radius 1 is 1.26 bits per heavy atom. The Balaban J connectivity index is 2.03. The number of amides is 1. The van der Waals surface area contributed by atoms with E-state index in [0.717, 1.165) is 17.0 Å². The highest BCUT2D eigenvalue weighted by atomic mass is 16.3. The zero-order valence-electron chi connectivity index (χ0n) is 14.1. The van der Waals surface area contributed by atoms with Gasteiger partial charge in [-0.3, -0.25) is 9.89 Å². The van der Waals surface area contributed by atoms with Gasteiger partial charge in [0.1, 0.15) is 0 Å². The zero-order valence-corrected chi connectivity index (χ0v) is 14.1. The number of carbonyl (C=O) groups excluding carboxylic acids is 1. The van der Waals surface area contributed by atoms with Crippen LogP contribution in [0.25, 0.3) is 0 Å². The van der Waals surface area contributed by atoms with Gasteiger partial charge in [-0.15, -0.1) is 0 Å². The maximum atomic E-state index is 12.5. The lowest BCUT2D eigenvalue weighted by Crippen LogP contribution is -2.42. The van der Waals surface area contributed by atoms with Crippen LogP contribution >= 0.6 is 0 Å². The van der Waals surface area contributed by atoms with E-state index in [1.807, 2.05) is 58.0 Å². The van der Waals surface area contributed by atoms with Crippen molar-refractivity contribution in [1.82, 2.24) is 15.5 Å². The van der Waals surface area contributed by atoms with E-state index in [2.05, 4.69) is 15.5 Å². The number of carbonyl (C=O) groups is 1. The molecule has 0 aliphatic carbocycles. The molecule has 2 atom stereocenters. The van der Waals surface area contributed by atoms with Crippen molar-refractivity contribution in [2.45, 2.75) is 52.2 Å². The lowest BCUT2D eigenvalue weighted by atomic mass is 10.0. The molecule has 23 heavy (non-hydrogen) atoms. The van der Waals surface area contributed by atoms with Crippen LogP contribution in [-0.4, -0.2) is 33.4 Å². The van der Waals surface area contributed by atoms with Crippen molar-refractivity contribution in [3.05, 3.63) is 52.8 Å². The summed E-state index contributed by atoms with van der Waals surface area (Å²) in [5, 5.41) is 20.3. The number of benzene rings is 1. The molecule has 0 bridgehead atoms. The summed E-state index contributed by atoms with van der Waals surface area (Å²) in [4.78, 5) is 12.5. The first-order chi connectivity index (χ1) is 10.9. The SMILES string of the molecule is Cc1[nH]nc(C(C)C)c1C(=O)NC(C)C(O)Cc1ccccc1. The molecule has 1 heterocycles. The van der Waals surface area contributed by atoms with Crippen LogP contribution in [0.3, 0.4) is 0 Å². The van der Waals surface area contributed by atoms with Crippen molar-refractivity contribution in [2.24, 2.45) is 0 Å². The predicted molar refractivity (Wildman–Crippen MR) is 90.5 cm³/mol. The van der Waals surface area contributed by atoms with Crippen LogP contribution in [-0.2, 0) is 6.42 Å². The minimum Gasteiger partial charge on any atom is -0.391 e. The number of H-pyrrole nitrogens is 1. The average molecular weight is 315 g/mol. The first-order valence-corrected chi connectivity index (χ1v) is 7.97. The summed E-state index contributed by atoms with van der Waals surface area (Å²) in [5.41, 5.74) is 3.13. The highest BCUT2D eigenvalue weighted by molar-refractivity contribution is 5.96. The first kappa shape index (κ1) is 17.2. The molecule has 2 rings (SSSR count). The fourth-order valence-electron chi connectivity index (χ4n) is 2.56. The number of hydrogen-bond donors (Lipinski definition) is 3. The monoisotopic (exact) mass is 315 g/mol. The van der Waals surface area contributed by atoms with E-state index in [1.165, 1.54) is 0 Å². The molecule has 1 aromatic heterocycles. The van der Waals surface area contributed by atoms with Crippen molar-refractivity contribution in [3.8, 4) is 0 Å². The standard InChI is InChI=1S/C18H25N3O2/c1-11(2)17-16(13(4)20-21-17)18(23)19-12(3)15(22)10-14-8-6-5-7-9-14/h5-9,11-12,15,22H,10H2,1-4H3,(H,19,23)(H,20,21). The molecule has 0 aliphatic heterocycles. The van der Waals surface area contributed by atoms with Crippen LogP contribution < -0.4 is 5.32 Å². The van der Waals surface area contributed by atoms with Crippen LogP contribution in [0.1, 0.15) is 54.0 Å². The number of aryl methyl sites for hydroxylation is 1. The van der Waals surface area contributed by atoms with Crippen molar-refractivity contribution in [1.29, 1.82) is 0 Å².